The number of methoxy groups -OCH3 is 1. The van der Waals surface area contributed by atoms with Gasteiger partial charge >= 0.3 is 0 Å². The van der Waals surface area contributed by atoms with Crippen LogP contribution < -0.4 is 10.5 Å². The van der Waals surface area contributed by atoms with Gasteiger partial charge in [0.1, 0.15) is 5.75 Å². The molecule has 1 atom stereocenters. The quantitative estimate of drug-likeness (QED) is 0.529. The van der Waals surface area contributed by atoms with Crippen molar-refractivity contribution >= 4 is 5.69 Å². The Labute approximate surface area is 122 Å². The Balaban J connectivity index is 2.27. The molecular formula is C16H28N2O2. The van der Waals surface area contributed by atoms with Crippen molar-refractivity contribution in [1.29, 1.82) is 0 Å². The average molecular weight is 280 g/mol. The molecule has 1 aromatic carbocycles. The molecule has 1 rings (SSSR count). The van der Waals surface area contributed by atoms with Crippen LogP contribution in [0.15, 0.2) is 24.3 Å². The second-order valence-corrected chi connectivity index (χ2v) is 5.06. The first kappa shape index (κ1) is 16.8. The van der Waals surface area contributed by atoms with E-state index in [0.29, 0.717) is 6.04 Å². The first-order valence-corrected chi connectivity index (χ1v) is 7.38. The molecule has 0 fully saturated rings. The SMILES string of the molecule is CCC(C)N(CCCOc1ccc(N)cc1)CCOC. The Kier molecular flexibility index (Phi) is 8.07. The van der Waals surface area contributed by atoms with E-state index in [0.717, 1.165) is 50.6 Å². The first-order chi connectivity index (χ1) is 9.67. The summed E-state index contributed by atoms with van der Waals surface area (Å²) in [5, 5.41) is 0. The Hall–Kier alpha value is -1.26. The number of nitrogens with two attached hydrogens (primary N) is 1. The molecule has 114 valence electrons. The predicted molar refractivity (Wildman–Crippen MR) is 84.2 cm³/mol. The van der Waals surface area contributed by atoms with Crippen LogP contribution >= 0.6 is 0 Å². The zero-order valence-corrected chi connectivity index (χ0v) is 13.0. The molecule has 0 aromatic heterocycles. The molecule has 0 spiro atoms. The molecule has 0 aliphatic carbocycles. The summed E-state index contributed by atoms with van der Waals surface area (Å²) in [6.07, 6.45) is 2.17. The number of nitrogens with zero attached hydrogens (tertiary/aromatic N) is 1. The molecule has 1 unspecified atom stereocenters. The van der Waals surface area contributed by atoms with E-state index in [2.05, 4.69) is 18.7 Å². The summed E-state index contributed by atoms with van der Waals surface area (Å²) in [4.78, 5) is 2.45. The van der Waals surface area contributed by atoms with Crippen LogP contribution in [0.2, 0.25) is 0 Å². The maximum Gasteiger partial charge on any atom is 0.119 e. The second kappa shape index (κ2) is 9.61. The summed E-state index contributed by atoms with van der Waals surface area (Å²) in [7, 11) is 1.75. The highest BCUT2D eigenvalue weighted by molar-refractivity contribution is 5.41. The van der Waals surface area contributed by atoms with E-state index in [1.54, 1.807) is 7.11 Å². The van der Waals surface area contributed by atoms with Crippen LogP contribution in [0.5, 0.6) is 5.75 Å². The second-order valence-electron chi connectivity index (χ2n) is 5.06. The summed E-state index contributed by atoms with van der Waals surface area (Å²) in [6.45, 7) is 8.00. The van der Waals surface area contributed by atoms with Crippen LogP contribution in [0.1, 0.15) is 26.7 Å². The van der Waals surface area contributed by atoms with Crippen molar-refractivity contribution in [3.05, 3.63) is 24.3 Å². The van der Waals surface area contributed by atoms with Crippen LogP contribution in [-0.2, 0) is 4.74 Å². The number of ether oxygens (including phenoxy) is 2. The average Bonchev–Trinajstić information content (AvgIpc) is 2.47. The molecule has 20 heavy (non-hydrogen) atoms. The van der Waals surface area contributed by atoms with Crippen molar-refractivity contribution in [3.63, 3.8) is 0 Å². The highest BCUT2D eigenvalue weighted by atomic mass is 16.5. The fourth-order valence-corrected chi connectivity index (χ4v) is 2.04. The zero-order valence-electron chi connectivity index (χ0n) is 13.0. The third kappa shape index (κ3) is 6.26. The van der Waals surface area contributed by atoms with Gasteiger partial charge in [-0.15, -0.1) is 0 Å². The molecule has 2 N–H and O–H groups in total. The Morgan fingerprint density at radius 2 is 1.85 bits per heavy atom. The molecule has 0 saturated carbocycles. The molecule has 0 aliphatic heterocycles. The Morgan fingerprint density at radius 1 is 1.15 bits per heavy atom. The zero-order chi connectivity index (χ0) is 14.8. The molecule has 0 amide bonds. The van der Waals surface area contributed by atoms with Gasteiger partial charge in [-0.2, -0.15) is 0 Å². The van der Waals surface area contributed by atoms with Gasteiger partial charge in [0.25, 0.3) is 0 Å². The van der Waals surface area contributed by atoms with E-state index >= 15 is 0 Å². The van der Waals surface area contributed by atoms with Gasteiger partial charge in [-0.1, -0.05) is 6.92 Å². The monoisotopic (exact) mass is 280 g/mol. The van der Waals surface area contributed by atoms with E-state index < -0.39 is 0 Å². The fraction of sp³-hybridized carbons (Fsp3) is 0.625. The van der Waals surface area contributed by atoms with Crippen LogP contribution in [0.3, 0.4) is 0 Å². The molecular weight excluding hydrogens is 252 g/mol. The Bertz CT molecular complexity index is 354. The summed E-state index contributed by atoms with van der Waals surface area (Å²) >= 11 is 0. The number of hydrogen-bond donors (Lipinski definition) is 1. The highest BCUT2D eigenvalue weighted by Gasteiger charge is 2.11. The van der Waals surface area contributed by atoms with Crippen molar-refractivity contribution in [2.75, 3.05) is 39.1 Å². The number of hydrogen-bond acceptors (Lipinski definition) is 4. The number of benzene rings is 1. The van der Waals surface area contributed by atoms with E-state index in [1.165, 1.54) is 0 Å². The Morgan fingerprint density at radius 3 is 2.45 bits per heavy atom. The summed E-state index contributed by atoms with van der Waals surface area (Å²) in [5.74, 6) is 0.881. The molecule has 0 aliphatic rings. The number of anilines is 1. The van der Waals surface area contributed by atoms with Crippen LogP contribution in [0.4, 0.5) is 5.69 Å². The van der Waals surface area contributed by atoms with E-state index in [4.69, 9.17) is 15.2 Å². The molecule has 1 aromatic rings. The third-order valence-electron chi connectivity index (χ3n) is 3.54. The third-order valence-corrected chi connectivity index (χ3v) is 3.54. The van der Waals surface area contributed by atoms with Gasteiger partial charge in [-0.3, -0.25) is 4.90 Å². The van der Waals surface area contributed by atoms with Crippen molar-refractivity contribution in [1.82, 2.24) is 4.90 Å². The van der Waals surface area contributed by atoms with Crippen molar-refractivity contribution < 1.29 is 9.47 Å². The van der Waals surface area contributed by atoms with Crippen LogP contribution in [0, 0.1) is 0 Å². The van der Waals surface area contributed by atoms with Gasteiger partial charge in [0, 0.05) is 31.9 Å². The lowest BCUT2D eigenvalue weighted by molar-refractivity contribution is 0.117. The summed E-state index contributed by atoms with van der Waals surface area (Å²) in [5.41, 5.74) is 6.41. The minimum atomic E-state index is 0.585. The van der Waals surface area contributed by atoms with Crippen molar-refractivity contribution in [2.45, 2.75) is 32.7 Å². The fourth-order valence-electron chi connectivity index (χ4n) is 2.04. The van der Waals surface area contributed by atoms with E-state index in [1.807, 2.05) is 24.3 Å². The molecule has 0 saturated heterocycles. The number of nitrogen functional groups attached to an aromatic ring is 1. The first-order valence-electron chi connectivity index (χ1n) is 7.38. The smallest absolute Gasteiger partial charge is 0.119 e. The predicted octanol–water partition coefficient (Wildman–Crippen LogP) is 2.78. The normalized spacial score (nSPS) is 12.6. The van der Waals surface area contributed by atoms with Gasteiger partial charge < -0.3 is 15.2 Å². The van der Waals surface area contributed by atoms with Gasteiger partial charge in [-0.25, -0.2) is 0 Å². The molecule has 4 heteroatoms. The standard InChI is InChI=1S/C16H28N2O2/c1-4-14(2)18(11-13-19-3)10-5-12-20-16-8-6-15(17)7-9-16/h6-9,14H,4-5,10-13,17H2,1-3H3. The van der Waals surface area contributed by atoms with Gasteiger partial charge in [0.15, 0.2) is 0 Å². The van der Waals surface area contributed by atoms with Crippen LogP contribution in [-0.4, -0.2) is 44.4 Å². The molecule has 0 heterocycles. The summed E-state index contributed by atoms with van der Waals surface area (Å²) < 4.78 is 10.9. The summed E-state index contributed by atoms with van der Waals surface area (Å²) in [6, 6.07) is 8.12. The maximum atomic E-state index is 5.72. The van der Waals surface area contributed by atoms with Crippen molar-refractivity contribution in [2.24, 2.45) is 0 Å². The minimum Gasteiger partial charge on any atom is -0.494 e. The maximum absolute atomic E-state index is 5.72. The minimum absolute atomic E-state index is 0.585. The van der Waals surface area contributed by atoms with E-state index in [-0.39, 0.29) is 0 Å². The number of rotatable bonds is 10. The molecule has 0 bridgehead atoms. The van der Waals surface area contributed by atoms with Gasteiger partial charge in [0.2, 0.25) is 0 Å². The highest BCUT2D eigenvalue weighted by Crippen LogP contribution is 2.13. The van der Waals surface area contributed by atoms with Gasteiger partial charge in [-0.05, 0) is 44.0 Å². The molecule has 0 radical (unpaired) electrons. The topological polar surface area (TPSA) is 47.7 Å². The van der Waals surface area contributed by atoms with Gasteiger partial charge in [0.05, 0.1) is 13.2 Å². The largest absolute Gasteiger partial charge is 0.494 e. The van der Waals surface area contributed by atoms with E-state index in [9.17, 15) is 0 Å². The lowest BCUT2D eigenvalue weighted by atomic mass is 10.2. The van der Waals surface area contributed by atoms with Crippen LogP contribution in [0.25, 0.3) is 0 Å². The molecule has 4 nitrogen and oxygen atoms in total. The lowest BCUT2D eigenvalue weighted by Gasteiger charge is -2.28. The lowest BCUT2D eigenvalue weighted by Crippen LogP contribution is -2.36. The van der Waals surface area contributed by atoms with Crippen molar-refractivity contribution in [3.8, 4) is 5.75 Å².